The Bertz CT molecular complexity index is 1330. The number of carbonyl (C=O) groups is 5. The zero-order valence-corrected chi connectivity index (χ0v) is 24.0. The number of nitrogens with zero attached hydrogens (tertiary/aromatic N) is 1. The maximum absolute atomic E-state index is 13.2. The van der Waals surface area contributed by atoms with Crippen molar-refractivity contribution in [1.82, 2.24) is 16.0 Å². The van der Waals surface area contributed by atoms with Gasteiger partial charge in [-0.2, -0.15) is 0 Å². The van der Waals surface area contributed by atoms with E-state index in [9.17, 15) is 24.0 Å². The van der Waals surface area contributed by atoms with E-state index < -0.39 is 36.1 Å². The number of hydrogen-bond donors (Lipinski definition) is 3. The molecule has 9 nitrogen and oxygen atoms in total. The maximum Gasteiger partial charge on any atom is 0.289 e. The molecule has 0 aromatic heterocycles. The van der Waals surface area contributed by atoms with Gasteiger partial charge in [-0.15, -0.1) is 0 Å². The molecule has 0 aliphatic rings. The van der Waals surface area contributed by atoms with Crippen LogP contribution in [-0.4, -0.2) is 48.5 Å². The molecule has 4 amide bonds. The Morgan fingerprint density at radius 1 is 0.805 bits per heavy atom. The third-order valence-corrected chi connectivity index (χ3v) is 5.72. The summed E-state index contributed by atoms with van der Waals surface area (Å²) >= 11 is 0. The van der Waals surface area contributed by atoms with Crippen LogP contribution in [0.4, 0.5) is 5.69 Å². The summed E-state index contributed by atoms with van der Waals surface area (Å²) < 4.78 is 0. The average molecular weight is 565 g/mol. The molecular formula is C32H44N4O5. The number of hydrogen-bond acceptors (Lipinski definition) is 5. The smallest absolute Gasteiger partial charge is 0.289 e. The van der Waals surface area contributed by atoms with Crippen molar-refractivity contribution < 1.29 is 28.3 Å². The van der Waals surface area contributed by atoms with E-state index in [2.05, 4.69) is 29.8 Å². The highest BCUT2D eigenvalue weighted by Gasteiger charge is 2.24. The van der Waals surface area contributed by atoms with E-state index in [-0.39, 0.29) is 23.3 Å². The minimum absolute atomic E-state index is 0. The summed E-state index contributed by atoms with van der Waals surface area (Å²) in [6, 6.07) is 23.9. The molecule has 0 saturated carbocycles. The molecule has 0 saturated heterocycles. The number of rotatable bonds is 11. The van der Waals surface area contributed by atoms with Crippen LogP contribution in [0.3, 0.4) is 0 Å². The lowest BCUT2D eigenvalue weighted by Crippen LogP contribution is -2.50. The van der Waals surface area contributed by atoms with Crippen molar-refractivity contribution in [3.05, 3.63) is 102 Å². The molecular weight excluding hydrogens is 520 g/mol. The van der Waals surface area contributed by atoms with Crippen molar-refractivity contribution in [2.45, 2.75) is 46.7 Å². The normalized spacial score (nSPS) is 10.7. The van der Waals surface area contributed by atoms with Crippen LogP contribution < -0.4 is 20.9 Å². The maximum atomic E-state index is 13.2. The molecule has 3 aromatic rings. The fourth-order valence-electron chi connectivity index (χ4n) is 3.64. The van der Waals surface area contributed by atoms with Crippen LogP contribution in [0.25, 0.3) is 0 Å². The molecule has 9 heteroatoms. The zero-order chi connectivity index (χ0) is 30.2. The first kappa shape index (κ1) is 32.4. The number of Topliss-reactive ketones (excluding diaryl/α,β-unsaturated/α-hetero) is 1. The van der Waals surface area contributed by atoms with Crippen LogP contribution in [0.15, 0.2) is 84.9 Å². The van der Waals surface area contributed by atoms with Gasteiger partial charge >= 0.3 is 0 Å². The molecule has 41 heavy (non-hydrogen) atoms. The van der Waals surface area contributed by atoms with Gasteiger partial charge in [0.1, 0.15) is 12.6 Å². The van der Waals surface area contributed by atoms with Crippen molar-refractivity contribution in [3.63, 3.8) is 0 Å². The van der Waals surface area contributed by atoms with Gasteiger partial charge in [0.15, 0.2) is 0 Å². The second-order valence-electron chi connectivity index (χ2n) is 9.35. The lowest BCUT2D eigenvalue weighted by Gasteiger charge is -2.25. The molecule has 3 aromatic carbocycles. The number of aryl methyl sites for hydroxylation is 1. The van der Waals surface area contributed by atoms with E-state index in [1.807, 2.05) is 49.4 Å². The fraction of sp³-hybridized carbons (Fsp3) is 0.281. The van der Waals surface area contributed by atoms with Crippen LogP contribution in [-0.2, 0) is 25.7 Å². The highest BCUT2D eigenvalue weighted by Crippen LogP contribution is 2.21. The quantitative estimate of drug-likeness (QED) is 0.300. The summed E-state index contributed by atoms with van der Waals surface area (Å²) in [6.07, 6.45) is 1.25. The van der Waals surface area contributed by atoms with E-state index in [0.29, 0.717) is 11.3 Å². The molecule has 0 fully saturated rings. The van der Waals surface area contributed by atoms with E-state index >= 15 is 0 Å². The Kier molecular flexibility index (Phi) is 13.5. The predicted octanol–water partition coefficient (Wildman–Crippen LogP) is 4.30. The highest BCUT2D eigenvalue weighted by atomic mass is 16.2. The Morgan fingerprint density at radius 3 is 1.98 bits per heavy atom. The van der Waals surface area contributed by atoms with E-state index in [0.717, 1.165) is 11.1 Å². The van der Waals surface area contributed by atoms with Crippen LogP contribution in [0.5, 0.6) is 0 Å². The number of benzene rings is 3. The summed E-state index contributed by atoms with van der Waals surface area (Å²) in [6.45, 7) is 6.88. The van der Waals surface area contributed by atoms with Gasteiger partial charge < -0.3 is 16.0 Å². The van der Waals surface area contributed by atoms with Crippen molar-refractivity contribution >= 4 is 35.1 Å². The first-order valence-electron chi connectivity index (χ1n) is 13.5. The van der Waals surface area contributed by atoms with Gasteiger partial charge in [-0.1, -0.05) is 87.0 Å². The van der Waals surface area contributed by atoms with Gasteiger partial charge in [0.2, 0.25) is 17.6 Å². The molecule has 3 rings (SSSR count). The first-order chi connectivity index (χ1) is 19.7. The Morgan fingerprint density at radius 2 is 1.37 bits per heavy atom. The Hall–Kier alpha value is -4.79. The molecule has 0 heterocycles. The van der Waals surface area contributed by atoms with E-state index in [1.54, 1.807) is 42.5 Å². The molecule has 3 N–H and O–H groups in total. The highest BCUT2D eigenvalue weighted by molar-refractivity contribution is 6.37. The Balaban J connectivity index is 0. The minimum Gasteiger partial charge on any atom is -0.347 e. The van der Waals surface area contributed by atoms with Gasteiger partial charge in [0.05, 0.1) is 6.54 Å². The second-order valence-corrected chi connectivity index (χ2v) is 9.35. The molecule has 1 atom stereocenters. The lowest BCUT2D eigenvalue weighted by molar-refractivity contribution is -0.138. The fourth-order valence-corrected chi connectivity index (χ4v) is 3.64. The largest absolute Gasteiger partial charge is 0.347 e. The standard InChI is InChI=1S/C29H30N4O5.C3H8.3H2/c1-20-11-9-10-16-24(20)33(29(38)23-14-7-4-8-15-23)19-26(35)32-21(2)27(36)31-18-25(34)28(37)30-17-22-12-5-3-6-13-22;1-3-2;;;/h3-16,21H,17-19H2,1-2H3,(H,30,37)(H,31,36)(H,32,35);3H2,1-2H3;3*1H/t21-;;;;/m0..../s1. The van der Waals surface area contributed by atoms with Crippen molar-refractivity contribution in [2.75, 3.05) is 18.0 Å². The second kappa shape index (κ2) is 17.0. The van der Waals surface area contributed by atoms with Gasteiger partial charge in [-0.05, 0) is 43.2 Å². The van der Waals surface area contributed by atoms with Crippen LogP contribution in [0, 0.1) is 6.92 Å². The number of para-hydroxylation sites is 1. The number of nitrogens with one attached hydrogen (secondary N) is 3. The summed E-state index contributed by atoms with van der Waals surface area (Å²) in [7, 11) is 0. The van der Waals surface area contributed by atoms with Crippen molar-refractivity contribution in [3.8, 4) is 0 Å². The van der Waals surface area contributed by atoms with Crippen LogP contribution in [0.2, 0.25) is 0 Å². The Labute approximate surface area is 245 Å². The van der Waals surface area contributed by atoms with Gasteiger partial charge in [0, 0.05) is 22.1 Å². The number of carbonyl (C=O) groups excluding carboxylic acids is 5. The SMILES string of the molecule is CCC.Cc1ccccc1N(CC(=O)N[C@@H](C)C(=O)NCC(=O)C(=O)NCc1ccccc1)C(=O)c1ccccc1.[HH].[HH].[HH]. The molecule has 0 radical (unpaired) electrons. The molecule has 0 bridgehead atoms. The molecule has 0 spiro atoms. The first-order valence-corrected chi connectivity index (χ1v) is 13.5. The van der Waals surface area contributed by atoms with Crippen molar-refractivity contribution in [1.29, 1.82) is 0 Å². The van der Waals surface area contributed by atoms with Crippen LogP contribution in [0.1, 0.15) is 53.0 Å². The van der Waals surface area contributed by atoms with Gasteiger partial charge in [-0.25, -0.2) is 0 Å². The van der Waals surface area contributed by atoms with Crippen LogP contribution >= 0.6 is 0 Å². The minimum atomic E-state index is -1.01. The summed E-state index contributed by atoms with van der Waals surface area (Å²) in [5.41, 5.74) is 2.62. The zero-order valence-electron chi connectivity index (χ0n) is 24.0. The van der Waals surface area contributed by atoms with E-state index in [1.165, 1.54) is 18.2 Å². The topological polar surface area (TPSA) is 125 Å². The molecule has 0 aliphatic carbocycles. The molecule has 0 unspecified atom stereocenters. The van der Waals surface area contributed by atoms with E-state index in [4.69, 9.17) is 0 Å². The third-order valence-electron chi connectivity index (χ3n) is 5.72. The average Bonchev–Trinajstić information content (AvgIpc) is 2.98. The monoisotopic (exact) mass is 564 g/mol. The summed E-state index contributed by atoms with van der Waals surface area (Å²) in [5, 5.41) is 7.42. The molecule has 222 valence electrons. The van der Waals surface area contributed by atoms with Gasteiger partial charge in [0.25, 0.3) is 11.8 Å². The predicted molar refractivity (Wildman–Crippen MR) is 166 cm³/mol. The van der Waals surface area contributed by atoms with Gasteiger partial charge in [-0.3, -0.25) is 28.9 Å². The summed E-state index contributed by atoms with van der Waals surface area (Å²) in [4.78, 5) is 64.0. The number of ketones is 1. The molecule has 0 aliphatic heterocycles. The third kappa shape index (κ3) is 10.7. The van der Waals surface area contributed by atoms with Crippen molar-refractivity contribution in [2.24, 2.45) is 0 Å². The number of amides is 4. The summed E-state index contributed by atoms with van der Waals surface area (Å²) in [5.74, 6) is -3.20. The lowest BCUT2D eigenvalue weighted by atomic mass is 10.1. The number of anilines is 1.